The van der Waals surface area contributed by atoms with Gasteiger partial charge in [-0.1, -0.05) is 31.4 Å². The highest BCUT2D eigenvalue weighted by molar-refractivity contribution is 5.92. The summed E-state index contributed by atoms with van der Waals surface area (Å²) in [6.07, 6.45) is 7.90. The minimum absolute atomic E-state index is 0. The molecule has 0 spiro atoms. The van der Waals surface area contributed by atoms with Crippen molar-refractivity contribution >= 4 is 53.2 Å². The van der Waals surface area contributed by atoms with Crippen molar-refractivity contribution in [2.45, 2.75) is 57.2 Å². The summed E-state index contributed by atoms with van der Waals surface area (Å²) in [7, 11) is 0. The fourth-order valence-electron chi connectivity index (χ4n) is 4.48. The Morgan fingerprint density at radius 3 is 2.55 bits per heavy atom. The monoisotopic (exact) mass is 467 g/mol. The number of benzene rings is 1. The third-order valence-corrected chi connectivity index (χ3v) is 6.37. The van der Waals surface area contributed by atoms with Crippen molar-refractivity contribution < 1.29 is 9.59 Å². The summed E-state index contributed by atoms with van der Waals surface area (Å²) in [6, 6.07) is 6.86. The van der Waals surface area contributed by atoms with E-state index in [1.165, 1.54) is 6.42 Å². The summed E-state index contributed by atoms with van der Waals surface area (Å²) < 4.78 is 0. The quantitative estimate of drug-likeness (QED) is 0.625. The van der Waals surface area contributed by atoms with Gasteiger partial charge < -0.3 is 21.7 Å². The van der Waals surface area contributed by atoms with Gasteiger partial charge in [-0.05, 0) is 48.3 Å². The third kappa shape index (κ3) is 5.40. The van der Waals surface area contributed by atoms with Crippen LogP contribution in [0, 0.1) is 5.92 Å². The lowest BCUT2D eigenvalue weighted by atomic mass is 9.83. The average Bonchev–Trinajstić information content (AvgIpc) is 2.71. The molecule has 1 aromatic heterocycles. The first-order valence-corrected chi connectivity index (χ1v) is 10.5. The largest absolute Gasteiger partial charge is 0.383 e. The number of likely N-dealkylation sites (tertiary alicyclic amines) is 1. The van der Waals surface area contributed by atoms with Gasteiger partial charge in [-0.15, -0.1) is 24.8 Å². The van der Waals surface area contributed by atoms with E-state index in [9.17, 15) is 9.59 Å². The van der Waals surface area contributed by atoms with E-state index >= 15 is 0 Å². The van der Waals surface area contributed by atoms with Crippen molar-refractivity contribution in [3.8, 4) is 0 Å². The number of halogens is 2. The number of aromatic nitrogens is 1. The molecule has 31 heavy (non-hydrogen) atoms. The van der Waals surface area contributed by atoms with Crippen LogP contribution in [0.5, 0.6) is 0 Å². The second kappa shape index (κ2) is 11.0. The lowest BCUT2D eigenvalue weighted by Gasteiger charge is -2.42. The molecule has 0 radical (unpaired) electrons. The van der Waals surface area contributed by atoms with E-state index in [0.29, 0.717) is 25.3 Å². The van der Waals surface area contributed by atoms with E-state index in [2.05, 4.69) is 10.3 Å². The van der Waals surface area contributed by atoms with Gasteiger partial charge in [-0.2, -0.15) is 0 Å². The fourth-order valence-corrected chi connectivity index (χ4v) is 4.48. The SMILES string of the molecule is Cl.Cl.Nc1nccc2cc(CNC(=O)[C@@H]3CCN3C(=O)[C@H](N)C3CCCCC3)ccc12. The molecule has 2 heterocycles. The number of rotatable bonds is 5. The average molecular weight is 468 g/mol. The van der Waals surface area contributed by atoms with Gasteiger partial charge in [0.25, 0.3) is 0 Å². The van der Waals surface area contributed by atoms with E-state index < -0.39 is 12.1 Å². The van der Waals surface area contributed by atoms with Crippen LogP contribution in [-0.2, 0) is 16.1 Å². The van der Waals surface area contributed by atoms with E-state index in [0.717, 1.165) is 42.0 Å². The number of nitrogens with zero attached hydrogens (tertiary/aromatic N) is 2. The summed E-state index contributed by atoms with van der Waals surface area (Å²) in [5.74, 6) is 0.558. The zero-order valence-corrected chi connectivity index (χ0v) is 19.1. The molecule has 2 aromatic rings. The highest BCUT2D eigenvalue weighted by Crippen LogP contribution is 2.28. The van der Waals surface area contributed by atoms with Crippen LogP contribution in [-0.4, -0.2) is 40.3 Å². The van der Waals surface area contributed by atoms with Gasteiger partial charge >= 0.3 is 0 Å². The molecule has 170 valence electrons. The molecule has 0 unspecified atom stereocenters. The molecule has 9 heteroatoms. The Labute approximate surface area is 195 Å². The van der Waals surface area contributed by atoms with Gasteiger partial charge in [0.2, 0.25) is 11.8 Å². The van der Waals surface area contributed by atoms with Crippen LogP contribution < -0.4 is 16.8 Å². The molecule has 2 aliphatic rings. The molecule has 7 nitrogen and oxygen atoms in total. The number of nitrogens with one attached hydrogen (secondary N) is 1. The van der Waals surface area contributed by atoms with Gasteiger partial charge in [0, 0.05) is 24.7 Å². The van der Waals surface area contributed by atoms with Crippen LogP contribution in [0.3, 0.4) is 0 Å². The van der Waals surface area contributed by atoms with Crippen molar-refractivity contribution in [3.63, 3.8) is 0 Å². The smallest absolute Gasteiger partial charge is 0.243 e. The van der Waals surface area contributed by atoms with Crippen molar-refractivity contribution in [3.05, 3.63) is 36.0 Å². The van der Waals surface area contributed by atoms with Crippen molar-refractivity contribution in [2.75, 3.05) is 12.3 Å². The Hall–Kier alpha value is -2.09. The molecule has 1 aliphatic heterocycles. The molecule has 2 amide bonds. The minimum Gasteiger partial charge on any atom is -0.383 e. The number of hydrogen-bond donors (Lipinski definition) is 3. The normalized spacial score (nSPS) is 19.5. The van der Waals surface area contributed by atoms with Crippen LogP contribution >= 0.6 is 24.8 Å². The Bertz CT molecular complexity index is 920. The molecule has 1 saturated carbocycles. The first-order valence-electron chi connectivity index (χ1n) is 10.5. The van der Waals surface area contributed by atoms with Crippen LogP contribution in [0.1, 0.15) is 44.1 Å². The fraction of sp³-hybridized carbons (Fsp3) is 0.500. The predicted octanol–water partition coefficient (Wildman–Crippen LogP) is 2.79. The second-order valence-corrected chi connectivity index (χ2v) is 8.23. The number of nitrogen functional groups attached to an aromatic ring is 1. The summed E-state index contributed by atoms with van der Waals surface area (Å²) in [4.78, 5) is 31.2. The van der Waals surface area contributed by atoms with Crippen LogP contribution in [0.15, 0.2) is 30.5 Å². The lowest BCUT2D eigenvalue weighted by molar-refractivity contribution is -0.149. The van der Waals surface area contributed by atoms with Gasteiger partial charge in [-0.25, -0.2) is 4.98 Å². The van der Waals surface area contributed by atoms with Gasteiger partial charge in [0.05, 0.1) is 6.04 Å². The zero-order valence-electron chi connectivity index (χ0n) is 17.5. The van der Waals surface area contributed by atoms with Crippen molar-refractivity contribution in [1.82, 2.24) is 15.2 Å². The molecule has 4 rings (SSSR count). The number of pyridine rings is 1. The Morgan fingerprint density at radius 2 is 1.87 bits per heavy atom. The van der Waals surface area contributed by atoms with E-state index in [1.807, 2.05) is 24.3 Å². The Morgan fingerprint density at radius 1 is 1.13 bits per heavy atom. The zero-order chi connectivity index (χ0) is 20.4. The Kier molecular flexibility index (Phi) is 8.91. The second-order valence-electron chi connectivity index (χ2n) is 8.23. The topological polar surface area (TPSA) is 114 Å². The Balaban J connectivity index is 0.00000171. The first-order chi connectivity index (χ1) is 14.0. The number of nitrogens with two attached hydrogens (primary N) is 2. The number of hydrogen-bond acceptors (Lipinski definition) is 5. The van der Waals surface area contributed by atoms with Crippen molar-refractivity contribution in [2.24, 2.45) is 11.7 Å². The molecule has 1 saturated heterocycles. The molecule has 1 aliphatic carbocycles. The molecule has 2 fully saturated rings. The predicted molar refractivity (Wildman–Crippen MR) is 127 cm³/mol. The minimum atomic E-state index is -0.481. The van der Waals surface area contributed by atoms with Crippen LogP contribution in [0.2, 0.25) is 0 Å². The van der Waals surface area contributed by atoms with Crippen LogP contribution in [0.25, 0.3) is 10.8 Å². The van der Waals surface area contributed by atoms with E-state index in [-0.39, 0.29) is 42.5 Å². The number of carbonyl (C=O) groups is 2. The number of fused-ring (bicyclic) bond motifs is 1. The maximum absolute atomic E-state index is 12.8. The van der Waals surface area contributed by atoms with Gasteiger partial charge in [0.1, 0.15) is 11.9 Å². The summed E-state index contributed by atoms with van der Waals surface area (Å²) in [6.45, 7) is 1.02. The summed E-state index contributed by atoms with van der Waals surface area (Å²) >= 11 is 0. The van der Waals surface area contributed by atoms with Gasteiger partial charge in [0.15, 0.2) is 0 Å². The maximum atomic E-state index is 12.8. The lowest BCUT2D eigenvalue weighted by Crippen LogP contribution is -2.62. The third-order valence-electron chi connectivity index (χ3n) is 6.37. The maximum Gasteiger partial charge on any atom is 0.243 e. The molecule has 2 atom stereocenters. The highest BCUT2D eigenvalue weighted by Gasteiger charge is 2.41. The molecule has 0 bridgehead atoms. The van der Waals surface area contributed by atoms with E-state index in [1.54, 1.807) is 11.1 Å². The van der Waals surface area contributed by atoms with Crippen LogP contribution in [0.4, 0.5) is 5.82 Å². The molecule has 5 N–H and O–H groups in total. The number of amides is 2. The first kappa shape index (κ1) is 25.2. The standard InChI is InChI=1S/C22H29N5O2.2ClH/c23-19(15-4-2-1-3-5-15)22(29)27-11-9-18(27)21(28)26-13-14-6-7-17-16(12-14)8-10-25-20(17)24;;/h6-8,10,12,15,18-19H,1-5,9,11,13,23H2,(H2,24,25)(H,26,28);2*1H/t18-,19+;;/m0../s1. The highest BCUT2D eigenvalue weighted by atomic mass is 35.5. The summed E-state index contributed by atoms with van der Waals surface area (Å²) in [5, 5.41) is 4.85. The number of anilines is 1. The molecular weight excluding hydrogens is 437 g/mol. The molecule has 1 aromatic carbocycles. The van der Waals surface area contributed by atoms with Crippen molar-refractivity contribution in [1.29, 1.82) is 0 Å². The summed E-state index contributed by atoms with van der Waals surface area (Å²) in [5.41, 5.74) is 13.1. The van der Waals surface area contributed by atoms with E-state index in [4.69, 9.17) is 11.5 Å². The molecular formula is C22H31Cl2N5O2. The number of carbonyl (C=O) groups excluding carboxylic acids is 2. The van der Waals surface area contributed by atoms with Gasteiger partial charge in [-0.3, -0.25) is 9.59 Å².